The van der Waals surface area contributed by atoms with E-state index in [0.717, 1.165) is 12.0 Å². The predicted octanol–water partition coefficient (Wildman–Crippen LogP) is 4.68. The third kappa shape index (κ3) is 11.7. The van der Waals surface area contributed by atoms with Crippen molar-refractivity contribution in [1.82, 2.24) is 15.1 Å². The number of carbonyl (C=O) groups is 5. The monoisotopic (exact) mass is 728 g/mol. The van der Waals surface area contributed by atoms with E-state index in [9.17, 15) is 29.1 Å². The van der Waals surface area contributed by atoms with Gasteiger partial charge in [0, 0.05) is 53.6 Å². The van der Waals surface area contributed by atoms with Crippen LogP contribution in [-0.2, 0) is 39.9 Å². The molecule has 0 saturated carbocycles. The molecule has 0 aromatic heterocycles. The Bertz CT molecular complexity index is 1370. The largest absolute Gasteiger partial charge is 0.480 e. The minimum absolute atomic E-state index is 0.0000676. The van der Waals surface area contributed by atoms with E-state index < -0.39 is 54.0 Å². The summed E-state index contributed by atoms with van der Waals surface area (Å²) in [6.07, 6.45) is 0.920. The molecule has 1 aromatic carbocycles. The van der Waals surface area contributed by atoms with Gasteiger partial charge in [-0.15, -0.1) is 0 Å². The highest BCUT2D eigenvalue weighted by Gasteiger charge is 2.43. The first kappa shape index (κ1) is 44.5. The van der Waals surface area contributed by atoms with E-state index in [1.54, 1.807) is 37.9 Å². The molecule has 8 atom stereocenters. The van der Waals surface area contributed by atoms with Crippen molar-refractivity contribution in [2.75, 3.05) is 34.9 Å². The summed E-state index contributed by atoms with van der Waals surface area (Å²) in [7, 11) is 6.37. The van der Waals surface area contributed by atoms with Gasteiger partial charge in [0.1, 0.15) is 6.04 Å². The van der Waals surface area contributed by atoms with Gasteiger partial charge in [-0.2, -0.15) is 0 Å². The summed E-state index contributed by atoms with van der Waals surface area (Å²) in [5, 5.41) is 12.5. The van der Waals surface area contributed by atoms with Gasteiger partial charge in [-0.25, -0.2) is 4.79 Å². The molecule has 1 fully saturated rings. The second-order valence-electron chi connectivity index (χ2n) is 14.9. The normalized spacial score (nSPS) is 19.1. The molecule has 0 spiro atoms. The fourth-order valence-corrected chi connectivity index (χ4v) is 7.54. The highest BCUT2D eigenvalue weighted by molar-refractivity contribution is 6.40. The number of ether oxygens (including phenoxy) is 2. The molecule has 1 aliphatic rings. The number of nitrogens with zero attached hydrogens (tertiary/aromatic N) is 3. The number of methoxy groups -OCH3 is 2. The molecular weight excluding hydrogens is 664 g/mol. The van der Waals surface area contributed by atoms with Crippen LogP contribution in [0.4, 0.5) is 0 Å². The molecule has 2 rings (SSSR count). The molecule has 3 amide bonds. The van der Waals surface area contributed by atoms with Crippen molar-refractivity contribution >= 4 is 35.2 Å². The zero-order valence-corrected chi connectivity index (χ0v) is 33.3. The molecule has 0 aliphatic carbocycles. The Hall–Kier alpha value is -3.64. The molecule has 52 heavy (non-hydrogen) atoms. The second-order valence-corrected chi connectivity index (χ2v) is 14.9. The van der Waals surface area contributed by atoms with Gasteiger partial charge in [-0.1, -0.05) is 85.2 Å². The van der Waals surface area contributed by atoms with E-state index in [1.165, 1.54) is 7.11 Å². The molecule has 1 aliphatic heterocycles. The molecule has 1 saturated heterocycles. The molecular formula is C40H64N4O8. The summed E-state index contributed by atoms with van der Waals surface area (Å²) in [6, 6.07) is 7.11. The standard InChI is InChI=1S/C40H64N4O8/c1-12-26(6)36(43(9)39(48)29(24(2)3)22-32(45)35(41-8)25(4)5)33(51-10)23-34(46)44-20-16-19-31(44)37(52-11)27(7)38(47)42-30(40(49)50)21-28-17-14-13-15-18-28/h13-15,17-18,24-27,29-31,33,36-37H,12,16,19-23H2,1-11H3,(H,42,47)(H,49,50)/t26-,27+,29-,30-,31-,33+,36-,37+/m0/s1. The lowest BCUT2D eigenvalue weighted by atomic mass is 9.84. The maximum Gasteiger partial charge on any atom is 0.326 e. The Labute approximate surface area is 311 Å². The zero-order chi connectivity index (χ0) is 39.3. The number of Topliss-reactive ketones (excluding diaryl/α,β-unsaturated/α-hetero) is 1. The summed E-state index contributed by atoms with van der Waals surface area (Å²) < 4.78 is 11.8. The molecule has 0 unspecified atom stereocenters. The van der Waals surface area contributed by atoms with E-state index in [2.05, 4.69) is 10.3 Å². The molecule has 2 N–H and O–H groups in total. The second kappa shape index (κ2) is 21.2. The number of amides is 3. The van der Waals surface area contributed by atoms with Gasteiger partial charge in [0.25, 0.3) is 0 Å². The Balaban J connectivity index is 2.27. The number of nitrogens with one attached hydrogen (secondary N) is 1. The lowest BCUT2D eigenvalue weighted by molar-refractivity contribution is -0.149. The molecule has 0 radical (unpaired) electrons. The summed E-state index contributed by atoms with van der Waals surface area (Å²) in [5.41, 5.74) is 1.25. The number of carboxylic acids is 1. The van der Waals surface area contributed by atoms with Crippen LogP contribution in [0.2, 0.25) is 0 Å². The van der Waals surface area contributed by atoms with E-state index >= 15 is 0 Å². The van der Waals surface area contributed by atoms with Crippen molar-refractivity contribution in [3.63, 3.8) is 0 Å². The first-order valence-corrected chi connectivity index (χ1v) is 18.7. The SMILES string of the molecule is CC[C@H](C)[C@@H]([C@@H](CC(=O)N1CCC[C@H]1[C@H](OC)[C@@H](C)C(=O)N[C@@H](Cc1ccccc1)C(=O)O)OC)N(C)C(=O)[C@@H](CC(=O)C(=NC)C(C)C)C(C)C. The number of aliphatic carboxylic acids is 1. The van der Waals surface area contributed by atoms with Crippen LogP contribution in [0, 0.1) is 29.6 Å². The number of carbonyl (C=O) groups excluding carboxylic acids is 4. The van der Waals surface area contributed by atoms with Gasteiger partial charge in [-0.3, -0.25) is 24.2 Å². The molecule has 12 nitrogen and oxygen atoms in total. The first-order chi connectivity index (χ1) is 24.5. The van der Waals surface area contributed by atoms with Gasteiger partial charge in [0.2, 0.25) is 17.7 Å². The maximum absolute atomic E-state index is 14.2. The van der Waals surface area contributed by atoms with Crippen LogP contribution >= 0.6 is 0 Å². The van der Waals surface area contributed by atoms with Crippen molar-refractivity contribution < 1.29 is 38.6 Å². The van der Waals surface area contributed by atoms with Crippen LogP contribution in [0.5, 0.6) is 0 Å². The number of likely N-dealkylation sites (N-methyl/N-ethyl adjacent to an activating group) is 1. The average molecular weight is 729 g/mol. The fourth-order valence-electron chi connectivity index (χ4n) is 7.54. The zero-order valence-electron chi connectivity index (χ0n) is 33.3. The molecule has 12 heteroatoms. The van der Waals surface area contributed by atoms with Crippen molar-refractivity contribution in [3.8, 4) is 0 Å². The van der Waals surface area contributed by atoms with Crippen LogP contribution in [-0.4, -0.2) is 115 Å². The molecule has 292 valence electrons. The van der Waals surface area contributed by atoms with Crippen molar-refractivity contribution in [1.29, 1.82) is 0 Å². The quantitative estimate of drug-likeness (QED) is 0.173. The summed E-state index contributed by atoms with van der Waals surface area (Å²) in [4.78, 5) is 74.6. The summed E-state index contributed by atoms with van der Waals surface area (Å²) >= 11 is 0. The molecule has 1 heterocycles. The number of rotatable bonds is 21. The fraction of sp³-hybridized carbons (Fsp3) is 0.700. The van der Waals surface area contributed by atoms with Gasteiger partial charge >= 0.3 is 5.97 Å². The Morgan fingerprint density at radius 3 is 2.13 bits per heavy atom. The van der Waals surface area contributed by atoms with Gasteiger partial charge in [0.15, 0.2) is 5.78 Å². The third-order valence-corrected chi connectivity index (χ3v) is 10.8. The predicted molar refractivity (Wildman–Crippen MR) is 202 cm³/mol. The summed E-state index contributed by atoms with van der Waals surface area (Å²) in [6.45, 7) is 13.9. The van der Waals surface area contributed by atoms with Crippen LogP contribution in [0.15, 0.2) is 35.3 Å². The number of carboxylic acid groups (broad SMARTS) is 1. The van der Waals surface area contributed by atoms with E-state index in [1.807, 2.05) is 71.9 Å². The lowest BCUT2D eigenvalue weighted by Gasteiger charge is -2.40. The van der Waals surface area contributed by atoms with Crippen LogP contribution in [0.25, 0.3) is 0 Å². The van der Waals surface area contributed by atoms with Crippen molar-refractivity contribution in [2.45, 2.75) is 117 Å². The van der Waals surface area contributed by atoms with E-state index in [0.29, 0.717) is 25.1 Å². The Kier molecular flexibility index (Phi) is 18.1. The maximum atomic E-state index is 14.2. The topological polar surface area (TPSA) is 155 Å². The van der Waals surface area contributed by atoms with Crippen molar-refractivity contribution in [2.24, 2.45) is 34.6 Å². The molecule has 1 aromatic rings. The minimum atomic E-state index is -1.14. The highest BCUT2D eigenvalue weighted by atomic mass is 16.5. The van der Waals surface area contributed by atoms with E-state index in [-0.39, 0.29) is 54.6 Å². The van der Waals surface area contributed by atoms with E-state index in [4.69, 9.17) is 9.47 Å². The van der Waals surface area contributed by atoms with Crippen molar-refractivity contribution in [3.05, 3.63) is 35.9 Å². The Morgan fingerprint density at radius 1 is 1.00 bits per heavy atom. The number of benzene rings is 1. The number of hydrogen-bond acceptors (Lipinski definition) is 8. The first-order valence-electron chi connectivity index (χ1n) is 18.7. The third-order valence-electron chi connectivity index (χ3n) is 10.8. The van der Waals surface area contributed by atoms with Crippen LogP contribution in [0.3, 0.4) is 0 Å². The highest BCUT2D eigenvalue weighted by Crippen LogP contribution is 2.30. The number of likely N-dealkylation sites (tertiary alicyclic amines) is 1. The number of ketones is 1. The van der Waals surface area contributed by atoms with Gasteiger partial charge in [0.05, 0.1) is 42.3 Å². The minimum Gasteiger partial charge on any atom is -0.480 e. The Morgan fingerprint density at radius 2 is 1.63 bits per heavy atom. The smallest absolute Gasteiger partial charge is 0.326 e. The average Bonchev–Trinajstić information content (AvgIpc) is 3.59. The summed E-state index contributed by atoms with van der Waals surface area (Å²) in [5.74, 6) is -3.60. The number of hydrogen-bond donors (Lipinski definition) is 2. The van der Waals surface area contributed by atoms with Crippen LogP contribution in [0.1, 0.15) is 86.1 Å². The van der Waals surface area contributed by atoms with Gasteiger partial charge in [-0.05, 0) is 36.2 Å². The van der Waals surface area contributed by atoms with Gasteiger partial charge < -0.3 is 29.7 Å². The molecule has 0 bridgehead atoms. The lowest BCUT2D eigenvalue weighted by Crippen LogP contribution is -2.55. The van der Waals surface area contributed by atoms with Crippen LogP contribution < -0.4 is 5.32 Å². The number of aliphatic imine (C=N–C) groups is 1.